The van der Waals surface area contributed by atoms with E-state index in [1.807, 2.05) is 0 Å². The predicted molar refractivity (Wildman–Crippen MR) is 117 cm³/mol. The first-order valence-electron chi connectivity index (χ1n) is 10.2. The molecule has 2 aliphatic heterocycles. The van der Waals surface area contributed by atoms with Crippen LogP contribution >= 0.6 is 15.9 Å². The largest absolute Gasteiger partial charge is 0.404 e. The summed E-state index contributed by atoms with van der Waals surface area (Å²) in [6.07, 6.45) is -4.80. The highest BCUT2D eigenvalue weighted by Gasteiger charge is 2.69. The third-order valence-electron chi connectivity index (χ3n) is 6.47. The molecule has 0 aliphatic carbocycles. The monoisotopic (exact) mass is 536 g/mol. The number of fused-ring (bicyclic) bond motifs is 2. The summed E-state index contributed by atoms with van der Waals surface area (Å²) in [7, 11) is 0. The molecule has 1 fully saturated rings. The second-order valence-corrected chi connectivity index (χ2v) is 9.09. The van der Waals surface area contributed by atoms with Gasteiger partial charge in [0.05, 0.1) is 10.8 Å². The molecule has 4 atom stereocenters. The highest BCUT2D eigenvalue weighted by atomic mass is 79.9. The van der Waals surface area contributed by atoms with Gasteiger partial charge in [-0.05, 0) is 24.6 Å². The number of aromatic nitrogens is 1. The summed E-state index contributed by atoms with van der Waals surface area (Å²) >= 11 is 3.32. The van der Waals surface area contributed by atoms with Crippen LogP contribution in [0.1, 0.15) is 34.4 Å². The van der Waals surface area contributed by atoms with E-state index in [1.54, 1.807) is 36.4 Å². The summed E-state index contributed by atoms with van der Waals surface area (Å²) < 4.78 is 49.3. The van der Waals surface area contributed by atoms with Crippen LogP contribution in [0.3, 0.4) is 0 Å². The maximum Gasteiger partial charge on any atom is 0.404 e. The first kappa shape index (κ1) is 22.5. The summed E-state index contributed by atoms with van der Waals surface area (Å²) in [6, 6.07) is 10.4. The van der Waals surface area contributed by atoms with Gasteiger partial charge in [0.25, 0.3) is 0 Å². The molecule has 5 rings (SSSR count). The lowest BCUT2D eigenvalue weighted by atomic mass is 9.71. The molecular formula is C22H16BrF3N4O4. The third kappa shape index (κ3) is 3.08. The number of alkyl halides is 3. The van der Waals surface area contributed by atoms with E-state index in [-0.39, 0.29) is 16.8 Å². The lowest BCUT2D eigenvalue weighted by Gasteiger charge is -2.30. The lowest BCUT2D eigenvalue weighted by Crippen LogP contribution is -2.52. The van der Waals surface area contributed by atoms with E-state index in [1.165, 1.54) is 19.1 Å². The van der Waals surface area contributed by atoms with E-state index < -0.39 is 51.9 Å². The normalized spacial score (nSPS) is 26.0. The Morgan fingerprint density at radius 3 is 2.53 bits per heavy atom. The highest BCUT2D eigenvalue weighted by Crippen LogP contribution is 2.61. The number of amides is 1. The Bertz CT molecular complexity index is 1330. The fourth-order valence-corrected chi connectivity index (χ4v) is 5.73. The highest BCUT2D eigenvalue weighted by molar-refractivity contribution is 9.10. The van der Waals surface area contributed by atoms with Crippen molar-refractivity contribution >= 4 is 33.2 Å². The number of nitrogens with one attached hydrogen (secondary N) is 2. The molecule has 8 nitrogen and oxygen atoms in total. The molecule has 0 bridgehead atoms. The molecule has 1 spiro atoms. The number of rotatable bonds is 3. The van der Waals surface area contributed by atoms with Crippen molar-refractivity contribution in [3.63, 3.8) is 0 Å². The zero-order valence-corrected chi connectivity index (χ0v) is 19.0. The Kier molecular flexibility index (Phi) is 5.06. The zero-order valence-electron chi connectivity index (χ0n) is 17.4. The number of nitro groups is 1. The van der Waals surface area contributed by atoms with Gasteiger partial charge in [0.15, 0.2) is 5.69 Å². The van der Waals surface area contributed by atoms with Crippen LogP contribution in [0.4, 0.5) is 24.5 Å². The molecule has 3 aromatic rings. The van der Waals surface area contributed by atoms with Crippen molar-refractivity contribution in [2.24, 2.45) is 0 Å². The maximum atomic E-state index is 14.5. The minimum atomic E-state index is -4.80. The second-order valence-electron chi connectivity index (χ2n) is 8.23. The van der Waals surface area contributed by atoms with E-state index >= 15 is 0 Å². The molecule has 1 saturated heterocycles. The number of carbonyl (C=O) groups is 1. The van der Waals surface area contributed by atoms with Gasteiger partial charge in [-0.1, -0.05) is 57.5 Å². The molecule has 2 aromatic carbocycles. The van der Waals surface area contributed by atoms with E-state index in [0.717, 1.165) is 0 Å². The number of hydrogen-bond donors (Lipinski definition) is 2. The maximum absolute atomic E-state index is 14.5. The predicted octanol–water partition coefficient (Wildman–Crippen LogP) is 4.90. The van der Waals surface area contributed by atoms with Gasteiger partial charge >= 0.3 is 11.9 Å². The molecule has 0 radical (unpaired) electrons. The van der Waals surface area contributed by atoms with Gasteiger partial charge in [0, 0.05) is 21.6 Å². The van der Waals surface area contributed by atoms with Gasteiger partial charge in [-0.3, -0.25) is 20.2 Å². The molecule has 2 aliphatic rings. The summed E-state index contributed by atoms with van der Waals surface area (Å²) in [5, 5.41) is 20.8. The van der Waals surface area contributed by atoms with Crippen LogP contribution in [-0.4, -0.2) is 28.2 Å². The van der Waals surface area contributed by atoms with Crippen LogP contribution in [0.25, 0.3) is 0 Å². The number of anilines is 1. The van der Waals surface area contributed by atoms with Crippen LogP contribution in [0.2, 0.25) is 0 Å². The first-order chi connectivity index (χ1) is 16.1. The third-order valence-corrected chi connectivity index (χ3v) is 7.19. The van der Waals surface area contributed by atoms with Gasteiger partial charge in [-0.2, -0.15) is 13.2 Å². The number of benzene rings is 2. The van der Waals surface area contributed by atoms with Crippen LogP contribution in [-0.2, 0) is 10.3 Å². The topological polar surface area (TPSA) is 110 Å². The van der Waals surface area contributed by atoms with Crippen molar-refractivity contribution in [2.75, 3.05) is 5.32 Å². The SMILES string of the molecule is Cc1noc([C@@H]2[C@@H](c3ccccc3Br)[C@H](C(F)(F)F)N[C@@]23C(=O)Nc2ccccc23)c1[N+](=O)[O-]. The van der Waals surface area contributed by atoms with Crippen LogP contribution in [0, 0.1) is 17.0 Å². The fraction of sp³-hybridized carbons (Fsp3) is 0.273. The number of carbonyl (C=O) groups excluding carboxylic acids is 1. The summed E-state index contributed by atoms with van der Waals surface area (Å²) in [5.74, 6) is -4.05. The van der Waals surface area contributed by atoms with Crippen molar-refractivity contribution in [1.29, 1.82) is 0 Å². The van der Waals surface area contributed by atoms with Gasteiger partial charge in [-0.25, -0.2) is 0 Å². The molecular weight excluding hydrogens is 521 g/mol. The standard InChI is InChI=1S/C22H16BrF3N4O4/c1-10-17(30(32)33)18(34-29-10)16-15(11-6-2-4-8-13(11)23)19(22(24,25)26)28-21(16)12-7-3-5-9-14(12)27-20(21)31/h2-9,15-16,19,28H,1H3,(H,27,31)/t15-,16+,19-,21-/m1/s1. The minimum absolute atomic E-state index is 0.0943. The van der Waals surface area contributed by atoms with E-state index in [2.05, 4.69) is 31.7 Å². The number of para-hydroxylation sites is 1. The smallest absolute Gasteiger partial charge is 0.353 e. The Balaban J connectivity index is 1.88. The quantitative estimate of drug-likeness (QED) is 0.363. The number of aryl methyl sites for hydroxylation is 1. The van der Waals surface area contributed by atoms with Crippen molar-refractivity contribution < 1.29 is 27.4 Å². The molecule has 1 aromatic heterocycles. The lowest BCUT2D eigenvalue weighted by molar-refractivity contribution is -0.386. The molecule has 34 heavy (non-hydrogen) atoms. The van der Waals surface area contributed by atoms with Crippen molar-refractivity contribution in [3.8, 4) is 0 Å². The summed E-state index contributed by atoms with van der Waals surface area (Å²) in [6.45, 7) is 1.33. The van der Waals surface area contributed by atoms with Gasteiger partial charge in [0.2, 0.25) is 11.7 Å². The molecule has 1 amide bonds. The summed E-state index contributed by atoms with van der Waals surface area (Å²) in [5.41, 5.74) is -1.85. The first-order valence-corrected chi connectivity index (χ1v) is 11.0. The number of hydrogen-bond acceptors (Lipinski definition) is 6. The summed E-state index contributed by atoms with van der Waals surface area (Å²) in [4.78, 5) is 24.7. The Morgan fingerprint density at radius 1 is 1.18 bits per heavy atom. The zero-order chi connectivity index (χ0) is 24.4. The van der Waals surface area contributed by atoms with Gasteiger partial charge in [0.1, 0.15) is 11.6 Å². The Hall–Kier alpha value is -3.25. The average Bonchev–Trinajstić information content (AvgIpc) is 3.41. The van der Waals surface area contributed by atoms with Crippen LogP contribution < -0.4 is 10.6 Å². The average molecular weight is 537 g/mol. The van der Waals surface area contributed by atoms with E-state index in [4.69, 9.17) is 4.52 Å². The molecule has 176 valence electrons. The molecule has 0 unspecified atom stereocenters. The van der Waals surface area contributed by atoms with Crippen LogP contribution in [0.15, 0.2) is 57.5 Å². The van der Waals surface area contributed by atoms with Gasteiger partial charge in [-0.15, -0.1) is 0 Å². The molecule has 12 heteroatoms. The number of halogens is 4. The number of nitrogens with zero attached hydrogens (tertiary/aromatic N) is 2. The van der Waals surface area contributed by atoms with Crippen LogP contribution in [0.5, 0.6) is 0 Å². The minimum Gasteiger partial charge on any atom is -0.353 e. The van der Waals surface area contributed by atoms with Gasteiger partial charge < -0.3 is 9.84 Å². The Labute approximate surface area is 198 Å². The molecule has 0 saturated carbocycles. The van der Waals surface area contributed by atoms with E-state index in [9.17, 15) is 28.1 Å². The van der Waals surface area contributed by atoms with Crippen molar-refractivity contribution in [2.45, 2.75) is 36.5 Å². The molecule has 3 heterocycles. The second kappa shape index (κ2) is 7.64. The fourth-order valence-electron chi connectivity index (χ4n) is 5.18. The van der Waals surface area contributed by atoms with Crippen molar-refractivity contribution in [1.82, 2.24) is 10.5 Å². The van der Waals surface area contributed by atoms with E-state index in [0.29, 0.717) is 10.2 Å². The van der Waals surface area contributed by atoms with Crippen molar-refractivity contribution in [3.05, 3.63) is 85.7 Å². The molecule has 2 N–H and O–H groups in total. The Morgan fingerprint density at radius 2 is 1.85 bits per heavy atom.